The van der Waals surface area contributed by atoms with Crippen LogP contribution in [0.15, 0.2) is 84.9 Å². The number of aryl methyl sites for hydroxylation is 1. The standard InChI is InChI=1S/C25H19N2P/c1-16-14-21(17-8-4-2-5-9-17)19-12-13-20-22(18-10-6-3-7-11-18)15-23(28)27-25(20)24(19)26-16/h2-15H,28H2,1H3. The van der Waals surface area contributed by atoms with Crippen LogP contribution in [-0.2, 0) is 0 Å². The molecule has 28 heavy (non-hydrogen) atoms. The minimum Gasteiger partial charge on any atom is -0.251 e. The number of benzene rings is 3. The molecule has 3 heteroatoms. The number of hydrogen-bond donors (Lipinski definition) is 0. The zero-order valence-corrected chi connectivity index (χ0v) is 16.7. The molecule has 0 amide bonds. The molecule has 0 fully saturated rings. The number of aromatic nitrogens is 2. The fourth-order valence-electron chi connectivity index (χ4n) is 3.84. The molecule has 0 aliphatic carbocycles. The molecule has 0 spiro atoms. The maximum atomic E-state index is 4.89. The van der Waals surface area contributed by atoms with Gasteiger partial charge in [0, 0.05) is 16.5 Å². The highest BCUT2D eigenvalue weighted by Gasteiger charge is 2.14. The summed E-state index contributed by atoms with van der Waals surface area (Å²) in [6, 6.07) is 29.6. The highest BCUT2D eigenvalue weighted by molar-refractivity contribution is 7.27. The predicted molar refractivity (Wildman–Crippen MR) is 122 cm³/mol. The van der Waals surface area contributed by atoms with Gasteiger partial charge in [0.25, 0.3) is 0 Å². The average Bonchev–Trinajstić information content (AvgIpc) is 2.74. The van der Waals surface area contributed by atoms with E-state index in [0.717, 1.165) is 32.9 Å². The zero-order chi connectivity index (χ0) is 19.1. The van der Waals surface area contributed by atoms with Gasteiger partial charge in [-0.25, -0.2) is 4.98 Å². The molecule has 1 unspecified atom stereocenters. The Kier molecular flexibility index (Phi) is 4.15. The third-order valence-corrected chi connectivity index (χ3v) is 5.37. The van der Waals surface area contributed by atoms with Crippen molar-refractivity contribution >= 4 is 36.5 Å². The van der Waals surface area contributed by atoms with Gasteiger partial charge in [0.05, 0.1) is 16.5 Å². The molecule has 2 heterocycles. The van der Waals surface area contributed by atoms with Crippen molar-refractivity contribution in [2.24, 2.45) is 0 Å². The molecule has 0 N–H and O–H groups in total. The summed E-state index contributed by atoms with van der Waals surface area (Å²) >= 11 is 0. The summed E-state index contributed by atoms with van der Waals surface area (Å²) in [6.45, 7) is 2.05. The second-order valence-corrected chi connectivity index (χ2v) is 7.59. The van der Waals surface area contributed by atoms with Crippen LogP contribution in [0.5, 0.6) is 0 Å². The normalized spacial score (nSPS) is 11.2. The molecule has 0 saturated heterocycles. The highest BCUT2D eigenvalue weighted by atomic mass is 31.0. The Morgan fingerprint density at radius 1 is 0.607 bits per heavy atom. The van der Waals surface area contributed by atoms with Crippen molar-refractivity contribution in [3.63, 3.8) is 0 Å². The molecule has 2 aromatic heterocycles. The van der Waals surface area contributed by atoms with Gasteiger partial charge in [-0.2, -0.15) is 0 Å². The number of hydrogen-bond acceptors (Lipinski definition) is 2. The van der Waals surface area contributed by atoms with Crippen molar-refractivity contribution in [1.82, 2.24) is 9.97 Å². The van der Waals surface area contributed by atoms with Crippen molar-refractivity contribution < 1.29 is 0 Å². The molecular formula is C25H19N2P. The summed E-state index contributed by atoms with van der Waals surface area (Å²) in [5, 5.41) is 2.26. The first kappa shape index (κ1) is 17.0. The Morgan fingerprint density at radius 2 is 1.11 bits per heavy atom. The number of fused-ring (bicyclic) bond motifs is 3. The van der Waals surface area contributed by atoms with Gasteiger partial charge in [-0.1, -0.05) is 82.0 Å². The second kappa shape index (κ2) is 6.82. The van der Waals surface area contributed by atoms with E-state index in [1.165, 1.54) is 22.3 Å². The lowest BCUT2D eigenvalue weighted by Gasteiger charge is -2.13. The Hall–Kier alpha value is -3.09. The highest BCUT2D eigenvalue weighted by Crippen LogP contribution is 2.35. The minimum absolute atomic E-state index is 0.920. The van der Waals surface area contributed by atoms with Gasteiger partial charge in [0.15, 0.2) is 0 Å². The molecular weight excluding hydrogens is 359 g/mol. The molecule has 5 aromatic rings. The molecule has 3 aromatic carbocycles. The van der Waals surface area contributed by atoms with E-state index >= 15 is 0 Å². The third-order valence-electron chi connectivity index (χ3n) is 5.08. The maximum Gasteiger partial charge on any atom is 0.0978 e. The number of pyridine rings is 2. The first-order valence-corrected chi connectivity index (χ1v) is 9.90. The summed E-state index contributed by atoms with van der Waals surface area (Å²) in [6.07, 6.45) is 0. The van der Waals surface area contributed by atoms with E-state index < -0.39 is 0 Å². The van der Waals surface area contributed by atoms with Gasteiger partial charge in [0.1, 0.15) is 0 Å². The molecule has 5 rings (SSSR count). The van der Waals surface area contributed by atoms with Gasteiger partial charge in [-0.3, -0.25) is 4.98 Å². The smallest absolute Gasteiger partial charge is 0.0978 e. The Labute approximate surface area is 166 Å². The fraction of sp³-hybridized carbons (Fsp3) is 0.0400. The predicted octanol–water partition coefficient (Wildman–Crippen LogP) is 5.93. The second-order valence-electron chi connectivity index (χ2n) is 7.00. The quantitative estimate of drug-likeness (QED) is 0.281. The van der Waals surface area contributed by atoms with E-state index in [-0.39, 0.29) is 0 Å². The van der Waals surface area contributed by atoms with Crippen molar-refractivity contribution in [2.75, 3.05) is 0 Å². The molecule has 134 valence electrons. The van der Waals surface area contributed by atoms with E-state index in [0.29, 0.717) is 0 Å². The minimum atomic E-state index is 0.920. The summed E-state index contributed by atoms with van der Waals surface area (Å²) in [7, 11) is 2.75. The number of rotatable bonds is 2. The molecule has 2 nitrogen and oxygen atoms in total. The zero-order valence-electron chi connectivity index (χ0n) is 15.6. The van der Waals surface area contributed by atoms with E-state index in [4.69, 9.17) is 9.97 Å². The van der Waals surface area contributed by atoms with Crippen LogP contribution in [0.3, 0.4) is 0 Å². The first-order valence-electron chi connectivity index (χ1n) is 9.32. The third kappa shape index (κ3) is 2.87. The summed E-state index contributed by atoms with van der Waals surface area (Å²) in [5.41, 5.74) is 8.59. The van der Waals surface area contributed by atoms with E-state index in [2.05, 4.69) is 82.0 Å². The van der Waals surface area contributed by atoms with Crippen molar-refractivity contribution in [3.8, 4) is 22.3 Å². The largest absolute Gasteiger partial charge is 0.251 e. The van der Waals surface area contributed by atoms with E-state index in [1.807, 2.05) is 19.1 Å². The molecule has 1 atom stereocenters. The first-order chi connectivity index (χ1) is 13.7. The lowest BCUT2D eigenvalue weighted by Crippen LogP contribution is -2.01. The molecule has 0 aliphatic rings. The van der Waals surface area contributed by atoms with Crippen LogP contribution in [-0.4, -0.2) is 9.97 Å². The summed E-state index contributed by atoms with van der Waals surface area (Å²) < 4.78 is 0. The van der Waals surface area contributed by atoms with Crippen LogP contribution < -0.4 is 5.44 Å². The van der Waals surface area contributed by atoms with Crippen LogP contribution in [0.4, 0.5) is 0 Å². The maximum absolute atomic E-state index is 4.89. The van der Waals surface area contributed by atoms with Crippen LogP contribution >= 0.6 is 9.24 Å². The van der Waals surface area contributed by atoms with Gasteiger partial charge in [-0.15, -0.1) is 0 Å². The molecule has 0 bridgehead atoms. The fourth-order valence-corrected chi connectivity index (χ4v) is 4.13. The monoisotopic (exact) mass is 378 g/mol. The van der Waals surface area contributed by atoms with E-state index in [9.17, 15) is 0 Å². The van der Waals surface area contributed by atoms with Crippen LogP contribution in [0.1, 0.15) is 5.69 Å². The SMILES string of the molecule is Cc1cc(-c2ccccc2)c2ccc3c(-c4ccccc4)cc(P)nc3c2n1. The van der Waals surface area contributed by atoms with Crippen molar-refractivity contribution in [3.05, 3.63) is 90.6 Å². The van der Waals surface area contributed by atoms with Gasteiger partial charge < -0.3 is 0 Å². The van der Waals surface area contributed by atoms with E-state index in [1.54, 1.807) is 0 Å². The lowest BCUT2D eigenvalue weighted by atomic mass is 9.96. The van der Waals surface area contributed by atoms with Crippen LogP contribution in [0.2, 0.25) is 0 Å². The Morgan fingerprint density at radius 3 is 1.68 bits per heavy atom. The van der Waals surface area contributed by atoms with Crippen LogP contribution in [0, 0.1) is 6.92 Å². The molecule has 0 aliphatic heterocycles. The Bertz CT molecular complexity index is 1210. The summed E-state index contributed by atoms with van der Waals surface area (Å²) in [4.78, 5) is 9.76. The topological polar surface area (TPSA) is 25.8 Å². The van der Waals surface area contributed by atoms with Crippen LogP contribution in [0.25, 0.3) is 44.1 Å². The van der Waals surface area contributed by atoms with Crippen molar-refractivity contribution in [1.29, 1.82) is 0 Å². The average molecular weight is 378 g/mol. The lowest BCUT2D eigenvalue weighted by molar-refractivity contribution is 1.26. The molecule has 0 radical (unpaired) electrons. The van der Waals surface area contributed by atoms with Crippen molar-refractivity contribution in [2.45, 2.75) is 6.92 Å². The summed E-state index contributed by atoms with van der Waals surface area (Å²) in [5.74, 6) is 0. The van der Waals surface area contributed by atoms with Gasteiger partial charge >= 0.3 is 0 Å². The Balaban J connectivity index is 1.89. The number of nitrogens with zero attached hydrogens (tertiary/aromatic N) is 2. The molecule has 0 saturated carbocycles. The van der Waals surface area contributed by atoms with Gasteiger partial charge in [-0.05, 0) is 41.3 Å². The van der Waals surface area contributed by atoms with Gasteiger partial charge in [0.2, 0.25) is 0 Å².